The lowest BCUT2D eigenvalue weighted by atomic mass is 10.1. The Morgan fingerprint density at radius 2 is 2.00 bits per heavy atom. The number of carbonyl (C=O) groups excluding carboxylic acids is 1. The second-order valence-corrected chi connectivity index (χ2v) is 4.39. The number of carboxylic acid groups (broad SMARTS) is 1. The number of hydrogen-bond donors (Lipinski definition) is 2. The van der Waals surface area contributed by atoms with Crippen LogP contribution in [-0.2, 0) is 11.2 Å². The molecule has 1 aromatic carbocycles. The third-order valence-corrected chi connectivity index (χ3v) is 2.95. The molecule has 1 aromatic heterocycles. The molecule has 110 valence electrons. The van der Waals surface area contributed by atoms with Gasteiger partial charge in [0, 0.05) is 6.42 Å². The summed E-state index contributed by atoms with van der Waals surface area (Å²) < 4.78 is 9.97. The molecule has 1 amide bonds. The Kier molecular flexibility index (Phi) is 4.61. The number of ether oxygens (including phenoxy) is 1. The minimum atomic E-state index is -1.11. The van der Waals surface area contributed by atoms with Crippen LogP contribution in [0.2, 0.25) is 0 Å². The first-order valence-corrected chi connectivity index (χ1v) is 6.30. The van der Waals surface area contributed by atoms with E-state index >= 15 is 0 Å². The van der Waals surface area contributed by atoms with Crippen molar-refractivity contribution < 1.29 is 23.8 Å². The van der Waals surface area contributed by atoms with Gasteiger partial charge < -0.3 is 19.6 Å². The van der Waals surface area contributed by atoms with Crippen molar-refractivity contribution in [3.8, 4) is 5.75 Å². The van der Waals surface area contributed by atoms with E-state index in [9.17, 15) is 14.7 Å². The summed E-state index contributed by atoms with van der Waals surface area (Å²) in [5.41, 5.74) is 0.781. The molecule has 6 heteroatoms. The van der Waals surface area contributed by atoms with E-state index in [4.69, 9.17) is 9.15 Å². The number of rotatable bonds is 6. The van der Waals surface area contributed by atoms with Crippen molar-refractivity contribution in [2.45, 2.75) is 12.5 Å². The Labute approximate surface area is 121 Å². The van der Waals surface area contributed by atoms with Crippen LogP contribution >= 0.6 is 0 Å². The number of hydrogen-bond acceptors (Lipinski definition) is 4. The Balaban J connectivity index is 2.05. The quantitative estimate of drug-likeness (QED) is 0.845. The lowest BCUT2D eigenvalue weighted by molar-refractivity contribution is -0.139. The molecule has 0 fully saturated rings. The maximum atomic E-state index is 11.8. The van der Waals surface area contributed by atoms with Crippen molar-refractivity contribution in [2.75, 3.05) is 7.11 Å². The van der Waals surface area contributed by atoms with Crippen LogP contribution in [0.4, 0.5) is 0 Å². The Morgan fingerprint density at radius 3 is 2.52 bits per heavy atom. The van der Waals surface area contributed by atoms with Crippen molar-refractivity contribution in [2.24, 2.45) is 0 Å². The van der Waals surface area contributed by atoms with E-state index in [1.807, 2.05) is 0 Å². The third-order valence-electron chi connectivity index (χ3n) is 2.95. The number of amides is 1. The topological polar surface area (TPSA) is 88.8 Å². The van der Waals surface area contributed by atoms with E-state index in [1.54, 1.807) is 37.4 Å². The standard InChI is InChI=1S/C15H15NO5/c1-20-11-6-4-10(5-7-11)9-12(15(18)19)16-14(17)13-3-2-8-21-13/h2-8,12H,9H2,1H3,(H,16,17)(H,18,19). The summed E-state index contributed by atoms with van der Waals surface area (Å²) in [5, 5.41) is 11.6. The SMILES string of the molecule is COc1ccc(CC(NC(=O)c2ccco2)C(=O)O)cc1. The molecule has 1 heterocycles. The van der Waals surface area contributed by atoms with Gasteiger partial charge in [-0.05, 0) is 29.8 Å². The smallest absolute Gasteiger partial charge is 0.326 e. The van der Waals surface area contributed by atoms with Gasteiger partial charge in [-0.2, -0.15) is 0 Å². The van der Waals surface area contributed by atoms with Gasteiger partial charge in [-0.25, -0.2) is 4.79 Å². The van der Waals surface area contributed by atoms with Gasteiger partial charge in [-0.1, -0.05) is 12.1 Å². The maximum Gasteiger partial charge on any atom is 0.326 e. The van der Waals surface area contributed by atoms with Gasteiger partial charge in [-0.15, -0.1) is 0 Å². The van der Waals surface area contributed by atoms with Gasteiger partial charge in [0.15, 0.2) is 5.76 Å². The van der Waals surface area contributed by atoms with Gasteiger partial charge in [-0.3, -0.25) is 4.79 Å². The van der Waals surface area contributed by atoms with E-state index in [1.165, 1.54) is 12.3 Å². The molecular formula is C15H15NO5. The number of furan rings is 1. The van der Waals surface area contributed by atoms with Gasteiger partial charge in [0.25, 0.3) is 5.91 Å². The molecule has 21 heavy (non-hydrogen) atoms. The van der Waals surface area contributed by atoms with Crippen LogP contribution in [0.1, 0.15) is 16.1 Å². The monoisotopic (exact) mass is 289 g/mol. The first-order valence-electron chi connectivity index (χ1n) is 6.30. The average Bonchev–Trinajstić information content (AvgIpc) is 3.01. The van der Waals surface area contributed by atoms with Crippen molar-refractivity contribution in [1.29, 1.82) is 0 Å². The molecule has 0 aliphatic rings. The molecule has 6 nitrogen and oxygen atoms in total. The highest BCUT2D eigenvalue weighted by molar-refractivity contribution is 5.94. The molecule has 0 aliphatic heterocycles. The second-order valence-electron chi connectivity index (χ2n) is 4.39. The minimum Gasteiger partial charge on any atom is -0.497 e. The van der Waals surface area contributed by atoms with Crippen LogP contribution in [0, 0.1) is 0 Å². The lowest BCUT2D eigenvalue weighted by Gasteiger charge is -2.14. The fraction of sp³-hybridized carbons (Fsp3) is 0.200. The first kappa shape index (κ1) is 14.6. The molecular weight excluding hydrogens is 274 g/mol. The Morgan fingerprint density at radius 1 is 1.29 bits per heavy atom. The fourth-order valence-electron chi connectivity index (χ4n) is 1.83. The van der Waals surface area contributed by atoms with Crippen molar-refractivity contribution in [3.05, 3.63) is 54.0 Å². The van der Waals surface area contributed by atoms with Gasteiger partial charge in [0.2, 0.25) is 0 Å². The van der Waals surface area contributed by atoms with E-state index in [-0.39, 0.29) is 12.2 Å². The maximum absolute atomic E-state index is 11.8. The number of carboxylic acids is 1. The van der Waals surface area contributed by atoms with Crippen molar-refractivity contribution in [1.82, 2.24) is 5.32 Å². The molecule has 0 saturated carbocycles. The molecule has 0 spiro atoms. The van der Waals surface area contributed by atoms with Gasteiger partial charge in [0.1, 0.15) is 11.8 Å². The highest BCUT2D eigenvalue weighted by Crippen LogP contribution is 2.13. The average molecular weight is 289 g/mol. The van der Waals surface area contributed by atoms with Gasteiger partial charge in [0.05, 0.1) is 13.4 Å². The molecule has 0 bridgehead atoms. The molecule has 0 saturated heterocycles. The highest BCUT2D eigenvalue weighted by atomic mass is 16.5. The summed E-state index contributed by atoms with van der Waals surface area (Å²) in [4.78, 5) is 23.1. The summed E-state index contributed by atoms with van der Waals surface area (Å²) in [7, 11) is 1.55. The predicted octanol–water partition coefficient (Wildman–Crippen LogP) is 1.71. The number of nitrogens with one attached hydrogen (secondary N) is 1. The normalized spacial score (nSPS) is 11.7. The number of methoxy groups -OCH3 is 1. The summed E-state index contributed by atoms with van der Waals surface area (Å²) in [6.45, 7) is 0. The zero-order chi connectivity index (χ0) is 15.2. The van der Waals surface area contributed by atoms with E-state index in [0.29, 0.717) is 5.75 Å². The van der Waals surface area contributed by atoms with Crippen LogP contribution in [0.5, 0.6) is 5.75 Å². The third kappa shape index (κ3) is 3.85. The van der Waals surface area contributed by atoms with Crippen molar-refractivity contribution in [3.63, 3.8) is 0 Å². The zero-order valence-electron chi connectivity index (χ0n) is 11.4. The molecule has 2 N–H and O–H groups in total. The van der Waals surface area contributed by atoms with Gasteiger partial charge >= 0.3 is 5.97 Å². The second kappa shape index (κ2) is 6.60. The number of aliphatic carboxylic acids is 1. The lowest BCUT2D eigenvalue weighted by Crippen LogP contribution is -2.42. The van der Waals surface area contributed by atoms with E-state index in [2.05, 4.69) is 5.32 Å². The summed E-state index contributed by atoms with van der Waals surface area (Å²) in [6, 6.07) is 9.00. The molecule has 0 radical (unpaired) electrons. The Hall–Kier alpha value is -2.76. The minimum absolute atomic E-state index is 0.0796. The zero-order valence-corrected chi connectivity index (χ0v) is 11.4. The van der Waals surface area contributed by atoms with Crippen molar-refractivity contribution >= 4 is 11.9 Å². The van der Waals surface area contributed by atoms with Crippen LogP contribution in [-0.4, -0.2) is 30.1 Å². The fourth-order valence-corrected chi connectivity index (χ4v) is 1.83. The largest absolute Gasteiger partial charge is 0.497 e. The van der Waals surface area contributed by atoms with Crippen LogP contribution in [0.25, 0.3) is 0 Å². The van der Waals surface area contributed by atoms with Crippen LogP contribution in [0.3, 0.4) is 0 Å². The molecule has 1 atom stereocenters. The first-order chi connectivity index (χ1) is 10.1. The van der Waals surface area contributed by atoms with E-state index in [0.717, 1.165) is 5.56 Å². The predicted molar refractivity (Wildman–Crippen MR) is 74.3 cm³/mol. The summed E-state index contributed by atoms with van der Waals surface area (Å²) >= 11 is 0. The van der Waals surface area contributed by atoms with Crippen LogP contribution in [0.15, 0.2) is 47.1 Å². The number of benzene rings is 1. The summed E-state index contributed by atoms with van der Waals surface area (Å²) in [5.74, 6) is -0.895. The molecule has 0 aliphatic carbocycles. The molecule has 2 aromatic rings. The molecule has 1 unspecified atom stereocenters. The summed E-state index contributed by atoms with van der Waals surface area (Å²) in [6.07, 6.45) is 1.53. The van der Waals surface area contributed by atoms with E-state index < -0.39 is 17.9 Å². The Bertz CT molecular complexity index is 604. The highest BCUT2D eigenvalue weighted by Gasteiger charge is 2.22. The van der Waals surface area contributed by atoms with Crippen LogP contribution < -0.4 is 10.1 Å². The molecule has 2 rings (SSSR count). The number of carbonyl (C=O) groups is 2.